The van der Waals surface area contributed by atoms with E-state index >= 15 is 0 Å². The van der Waals surface area contributed by atoms with E-state index in [0.29, 0.717) is 18.0 Å². The highest BCUT2D eigenvalue weighted by Crippen LogP contribution is 2.29. The number of nitrogens with zero attached hydrogens (tertiary/aromatic N) is 1. The third-order valence-electron chi connectivity index (χ3n) is 3.87. The molecule has 0 radical (unpaired) electrons. The molecule has 0 bridgehead atoms. The first-order chi connectivity index (χ1) is 10.6. The number of amides is 1. The van der Waals surface area contributed by atoms with Gasteiger partial charge in [0.2, 0.25) is 5.91 Å². The Balaban J connectivity index is 1.73. The molecule has 3 rings (SSSR count). The van der Waals surface area contributed by atoms with Crippen molar-refractivity contribution in [2.24, 2.45) is 0 Å². The third kappa shape index (κ3) is 2.82. The molecule has 1 aromatic heterocycles. The zero-order valence-corrected chi connectivity index (χ0v) is 12.9. The van der Waals surface area contributed by atoms with Crippen LogP contribution in [0.15, 0.2) is 18.2 Å². The Bertz CT molecular complexity index is 728. The molecule has 3 N–H and O–H groups in total. The normalized spacial score (nSPS) is 21.1. The molecule has 1 fully saturated rings. The lowest BCUT2D eigenvalue weighted by atomic mass is 10.1. The van der Waals surface area contributed by atoms with E-state index in [1.807, 2.05) is 18.2 Å². The van der Waals surface area contributed by atoms with Crippen molar-refractivity contribution in [1.82, 2.24) is 10.3 Å². The molecule has 2 atom stereocenters. The topological polar surface area (TPSA) is 91.3 Å². The first kappa shape index (κ1) is 14.9. The van der Waals surface area contributed by atoms with E-state index < -0.39 is 18.1 Å². The minimum Gasteiger partial charge on any atom is -0.480 e. The predicted octanol–water partition coefficient (Wildman–Crippen LogP) is 2.00. The Morgan fingerprint density at radius 3 is 2.86 bits per heavy atom. The van der Waals surface area contributed by atoms with Crippen LogP contribution < -0.4 is 10.6 Å². The molecule has 1 amide bonds. The Morgan fingerprint density at radius 1 is 1.41 bits per heavy atom. The van der Waals surface area contributed by atoms with Crippen molar-refractivity contribution >= 4 is 38.6 Å². The van der Waals surface area contributed by atoms with Crippen LogP contribution in [-0.2, 0) is 16.0 Å². The monoisotopic (exact) mass is 319 g/mol. The summed E-state index contributed by atoms with van der Waals surface area (Å²) in [4.78, 5) is 27.6. The lowest BCUT2D eigenvalue weighted by molar-refractivity contribution is -0.139. The van der Waals surface area contributed by atoms with Crippen molar-refractivity contribution < 1.29 is 14.7 Å². The Labute approximate surface area is 131 Å². The average molecular weight is 319 g/mol. The minimum absolute atomic E-state index is 0.221. The molecule has 22 heavy (non-hydrogen) atoms. The van der Waals surface area contributed by atoms with Gasteiger partial charge in [0, 0.05) is 0 Å². The largest absolute Gasteiger partial charge is 0.480 e. The molecule has 0 saturated carbocycles. The number of hydrogen-bond donors (Lipinski definition) is 3. The van der Waals surface area contributed by atoms with Crippen LogP contribution >= 0.6 is 11.3 Å². The predicted molar refractivity (Wildman–Crippen MR) is 85.2 cm³/mol. The van der Waals surface area contributed by atoms with Crippen LogP contribution in [-0.4, -0.2) is 34.1 Å². The fourth-order valence-electron chi connectivity index (χ4n) is 2.68. The number of benzene rings is 1. The van der Waals surface area contributed by atoms with Crippen LogP contribution in [0.4, 0.5) is 5.13 Å². The smallest absolute Gasteiger partial charge is 0.320 e. The number of carboxylic acid groups (broad SMARTS) is 1. The highest BCUT2D eigenvalue weighted by atomic mass is 32.1. The quantitative estimate of drug-likeness (QED) is 0.802. The second-order valence-electron chi connectivity index (χ2n) is 5.31. The van der Waals surface area contributed by atoms with E-state index in [0.717, 1.165) is 22.2 Å². The summed E-state index contributed by atoms with van der Waals surface area (Å²) in [5, 5.41) is 15.1. The second kappa shape index (κ2) is 6.02. The summed E-state index contributed by atoms with van der Waals surface area (Å²) in [6.07, 6.45) is 1.88. The molecular weight excluding hydrogens is 302 g/mol. The molecule has 1 aromatic carbocycles. The molecule has 1 aliphatic rings. The summed E-state index contributed by atoms with van der Waals surface area (Å²) in [6, 6.07) is 4.89. The highest BCUT2D eigenvalue weighted by Gasteiger charge is 2.33. The molecule has 1 saturated heterocycles. The maximum atomic E-state index is 12.2. The van der Waals surface area contributed by atoms with Crippen molar-refractivity contribution in [3.63, 3.8) is 0 Å². The molecule has 0 unspecified atom stereocenters. The van der Waals surface area contributed by atoms with Gasteiger partial charge in [-0.25, -0.2) is 4.98 Å². The van der Waals surface area contributed by atoms with Gasteiger partial charge in [-0.15, -0.1) is 0 Å². The van der Waals surface area contributed by atoms with Gasteiger partial charge in [0.05, 0.1) is 16.3 Å². The summed E-state index contributed by atoms with van der Waals surface area (Å²) < 4.78 is 1.04. The maximum absolute atomic E-state index is 12.2. The summed E-state index contributed by atoms with van der Waals surface area (Å²) in [6.45, 7) is 2.07. The fourth-order valence-corrected chi connectivity index (χ4v) is 3.60. The van der Waals surface area contributed by atoms with E-state index in [1.54, 1.807) is 0 Å². The van der Waals surface area contributed by atoms with Crippen LogP contribution in [0.2, 0.25) is 0 Å². The van der Waals surface area contributed by atoms with Gasteiger partial charge in [0.25, 0.3) is 0 Å². The molecule has 116 valence electrons. The van der Waals surface area contributed by atoms with E-state index in [2.05, 4.69) is 22.5 Å². The number of anilines is 1. The number of carbonyl (C=O) groups is 2. The van der Waals surface area contributed by atoms with Crippen molar-refractivity contribution in [2.45, 2.75) is 38.3 Å². The number of carbonyl (C=O) groups excluding carboxylic acids is 1. The Hall–Kier alpha value is -1.99. The van der Waals surface area contributed by atoms with Gasteiger partial charge in [0.1, 0.15) is 6.04 Å². The third-order valence-corrected chi connectivity index (χ3v) is 4.81. The van der Waals surface area contributed by atoms with Gasteiger partial charge in [-0.1, -0.05) is 30.4 Å². The number of aliphatic carboxylic acids is 1. The van der Waals surface area contributed by atoms with E-state index in [-0.39, 0.29) is 5.91 Å². The number of aromatic nitrogens is 1. The standard InChI is InChI=1S/C15H17N3O3S/c1-2-8-4-3-5-11-12(8)17-15(22-11)18-13(19)9-6-7-10(16-9)14(20)21/h3-5,9-10,16H,2,6-7H2,1H3,(H,20,21)(H,17,18,19)/t9-,10+/m0/s1. The zero-order chi connectivity index (χ0) is 15.7. The van der Waals surface area contributed by atoms with E-state index in [4.69, 9.17) is 5.11 Å². The number of aryl methyl sites for hydroxylation is 1. The molecule has 1 aliphatic heterocycles. The molecular formula is C15H17N3O3S. The van der Waals surface area contributed by atoms with Gasteiger partial charge >= 0.3 is 5.97 Å². The lowest BCUT2D eigenvalue weighted by Gasteiger charge is -2.10. The second-order valence-corrected chi connectivity index (χ2v) is 6.34. The summed E-state index contributed by atoms with van der Waals surface area (Å²) in [5.41, 5.74) is 2.08. The number of rotatable bonds is 4. The van der Waals surface area contributed by atoms with Gasteiger partial charge in [-0.2, -0.15) is 0 Å². The zero-order valence-electron chi connectivity index (χ0n) is 12.1. The van der Waals surface area contributed by atoms with Crippen LogP contribution in [0.3, 0.4) is 0 Å². The molecule has 7 heteroatoms. The summed E-state index contributed by atoms with van der Waals surface area (Å²) in [7, 11) is 0. The molecule has 2 aromatic rings. The number of nitrogens with one attached hydrogen (secondary N) is 2. The van der Waals surface area contributed by atoms with E-state index in [9.17, 15) is 9.59 Å². The Morgan fingerprint density at radius 2 is 2.18 bits per heavy atom. The average Bonchev–Trinajstić information content (AvgIpc) is 3.13. The molecule has 6 nitrogen and oxygen atoms in total. The number of thiazole rings is 1. The minimum atomic E-state index is -0.914. The van der Waals surface area contributed by atoms with Crippen LogP contribution in [0, 0.1) is 0 Å². The molecule has 0 aliphatic carbocycles. The van der Waals surface area contributed by atoms with Gasteiger partial charge in [0.15, 0.2) is 5.13 Å². The number of fused-ring (bicyclic) bond motifs is 1. The molecule has 2 heterocycles. The number of para-hydroxylation sites is 1. The van der Waals surface area contributed by atoms with Crippen molar-refractivity contribution in [3.05, 3.63) is 23.8 Å². The van der Waals surface area contributed by atoms with Crippen LogP contribution in [0.1, 0.15) is 25.3 Å². The van der Waals surface area contributed by atoms with Gasteiger partial charge in [-0.05, 0) is 30.9 Å². The molecule has 0 spiro atoms. The SMILES string of the molecule is CCc1cccc2sc(NC(=O)[C@@H]3CC[C@H](C(=O)O)N3)nc12. The Kier molecular flexibility index (Phi) is 4.08. The number of hydrogen-bond acceptors (Lipinski definition) is 5. The summed E-state index contributed by atoms with van der Waals surface area (Å²) in [5.74, 6) is -1.14. The van der Waals surface area contributed by atoms with Crippen molar-refractivity contribution in [1.29, 1.82) is 0 Å². The lowest BCUT2D eigenvalue weighted by Crippen LogP contribution is -2.41. The first-order valence-corrected chi connectivity index (χ1v) is 8.08. The van der Waals surface area contributed by atoms with Crippen molar-refractivity contribution in [2.75, 3.05) is 5.32 Å². The highest BCUT2D eigenvalue weighted by molar-refractivity contribution is 7.22. The van der Waals surface area contributed by atoms with Gasteiger partial charge < -0.3 is 10.4 Å². The summed E-state index contributed by atoms with van der Waals surface area (Å²) >= 11 is 1.43. The van der Waals surface area contributed by atoms with E-state index in [1.165, 1.54) is 11.3 Å². The van der Waals surface area contributed by atoms with Crippen molar-refractivity contribution in [3.8, 4) is 0 Å². The van der Waals surface area contributed by atoms with Crippen LogP contribution in [0.25, 0.3) is 10.2 Å². The first-order valence-electron chi connectivity index (χ1n) is 7.26. The number of carboxylic acids is 1. The fraction of sp³-hybridized carbons (Fsp3) is 0.400. The maximum Gasteiger partial charge on any atom is 0.320 e. The van der Waals surface area contributed by atoms with Crippen LogP contribution in [0.5, 0.6) is 0 Å². The van der Waals surface area contributed by atoms with Gasteiger partial charge in [-0.3, -0.25) is 14.9 Å².